The summed E-state index contributed by atoms with van der Waals surface area (Å²) in [7, 11) is -2.17. The Balaban J connectivity index is 0.000000221. The van der Waals surface area contributed by atoms with Gasteiger partial charge in [-0.25, -0.2) is 36.8 Å². The van der Waals surface area contributed by atoms with E-state index >= 15 is 0 Å². The molecule has 4 heterocycles. The number of carbonyl (C=O) groups is 2. The van der Waals surface area contributed by atoms with E-state index in [1.54, 1.807) is 102 Å². The van der Waals surface area contributed by atoms with Gasteiger partial charge in [-0.2, -0.15) is 0 Å². The van der Waals surface area contributed by atoms with Crippen LogP contribution in [0.5, 0.6) is 11.8 Å². The monoisotopic (exact) mass is 1110 g/mol. The minimum atomic E-state index is -4.01. The SMILES string of the molecule is CNC(=O)[C@@H](C)Cn1cnc2ccc(-c3cnc(OC)c(NS(=O)(=O)c4cc(C)cc(Cl)c4)c3)cc2c1=O.CNC(=O)[C@H](C)Cn1cnc2ccc(-c3cnc(OC)c(NS(=O)(=O)c4cc(C)cc(Cl)c4)c3)cc2c1=O. The number of carbonyl (C=O) groups excluding carboxylic acids is 2. The van der Waals surface area contributed by atoms with Gasteiger partial charge in [0.15, 0.2) is 0 Å². The molecule has 0 aliphatic carbocycles. The van der Waals surface area contributed by atoms with E-state index in [1.165, 1.54) is 72.7 Å². The summed E-state index contributed by atoms with van der Waals surface area (Å²) in [6, 6.07) is 22.4. The number of pyridine rings is 2. The van der Waals surface area contributed by atoms with Crippen LogP contribution in [0.15, 0.2) is 129 Å². The molecule has 2 atom stereocenters. The van der Waals surface area contributed by atoms with Gasteiger partial charge in [-0.1, -0.05) is 49.2 Å². The van der Waals surface area contributed by atoms with E-state index in [0.717, 1.165) is 0 Å². The molecule has 0 spiro atoms. The van der Waals surface area contributed by atoms with Crippen molar-refractivity contribution in [1.29, 1.82) is 0 Å². The van der Waals surface area contributed by atoms with E-state index in [2.05, 4.69) is 40.0 Å². The molecule has 8 aromatic rings. The number of amides is 2. The molecule has 0 aliphatic heterocycles. The minimum absolute atomic E-state index is 0.00160. The summed E-state index contributed by atoms with van der Waals surface area (Å²) >= 11 is 12.1. The van der Waals surface area contributed by atoms with Gasteiger partial charge in [-0.05, 0) is 109 Å². The van der Waals surface area contributed by atoms with Gasteiger partial charge in [0.1, 0.15) is 11.4 Å². The Morgan fingerprint density at radius 1 is 0.566 bits per heavy atom. The van der Waals surface area contributed by atoms with Crippen LogP contribution >= 0.6 is 23.2 Å². The number of benzene rings is 4. The third-order valence-corrected chi connectivity index (χ3v) is 15.0. The molecule has 0 unspecified atom stereocenters. The fourth-order valence-electron chi connectivity index (χ4n) is 8.00. The Labute approximate surface area is 447 Å². The molecule has 0 bridgehead atoms. The lowest BCUT2D eigenvalue weighted by atomic mass is 10.0. The van der Waals surface area contributed by atoms with E-state index in [9.17, 15) is 36.0 Å². The van der Waals surface area contributed by atoms with Crippen LogP contribution in [-0.4, -0.2) is 86.0 Å². The van der Waals surface area contributed by atoms with Crippen molar-refractivity contribution in [2.24, 2.45) is 11.8 Å². The number of hydrogen-bond donors (Lipinski definition) is 4. The molecule has 24 heteroatoms. The third kappa shape index (κ3) is 12.8. The zero-order valence-corrected chi connectivity index (χ0v) is 45.4. The van der Waals surface area contributed by atoms with Crippen molar-refractivity contribution in [2.45, 2.75) is 50.6 Å². The van der Waals surface area contributed by atoms with Crippen LogP contribution in [0.2, 0.25) is 10.0 Å². The number of anilines is 2. The number of fused-ring (bicyclic) bond motifs is 2. The molecule has 2 amide bonds. The van der Waals surface area contributed by atoms with Crippen molar-refractivity contribution in [3.8, 4) is 34.0 Å². The molecule has 0 radical (unpaired) electrons. The number of nitrogens with zero attached hydrogens (tertiary/aromatic N) is 6. The van der Waals surface area contributed by atoms with E-state index in [-0.39, 0.29) is 68.9 Å². The largest absolute Gasteiger partial charge is 0.480 e. The lowest BCUT2D eigenvalue weighted by Crippen LogP contribution is -2.32. The quantitative estimate of drug-likeness (QED) is 0.0744. The molecule has 20 nitrogen and oxygen atoms in total. The lowest BCUT2D eigenvalue weighted by molar-refractivity contribution is -0.125. The molecular weight excluding hydrogens is 1060 g/mol. The lowest BCUT2D eigenvalue weighted by Gasteiger charge is -2.14. The predicted octanol–water partition coefficient (Wildman–Crippen LogP) is 7.22. The van der Waals surface area contributed by atoms with Crippen molar-refractivity contribution in [1.82, 2.24) is 39.7 Å². The molecular formula is C52H52Cl2N10O10S2. The highest BCUT2D eigenvalue weighted by Crippen LogP contribution is 2.34. The van der Waals surface area contributed by atoms with Crippen LogP contribution in [0.4, 0.5) is 11.4 Å². The third-order valence-electron chi connectivity index (χ3n) is 11.9. The normalized spacial score (nSPS) is 12.2. The van der Waals surface area contributed by atoms with E-state index < -0.39 is 31.9 Å². The number of nitrogens with one attached hydrogen (secondary N) is 4. The van der Waals surface area contributed by atoms with Gasteiger partial charge in [0, 0.05) is 60.8 Å². The number of rotatable bonds is 16. The predicted molar refractivity (Wildman–Crippen MR) is 292 cm³/mol. The van der Waals surface area contributed by atoms with Gasteiger partial charge in [-0.15, -0.1) is 0 Å². The number of hydrogen-bond acceptors (Lipinski definition) is 14. The average Bonchev–Trinajstić information content (AvgIpc) is 3.39. The van der Waals surface area contributed by atoms with Crippen LogP contribution < -0.4 is 40.7 Å². The van der Waals surface area contributed by atoms with Crippen molar-refractivity contribution < 1.29 is 35.9 Å². The Morgan fingerprint density at radius 2 is 0.947 bits per heavy atom. The van der Waals surface area contributed by atoms with Crippen molar-refractivity contribution in [3.05, 3.63) is 152 Å². The fraction of sp³-hybridized carbons (Fsp3) is 0.231. The maximum atomic E-state index is 13.2. The summed E-state index contributed by atoms with van der Waals surface area (Å²) in [5.74, 6) is -1.07. The maximum Gasteiger partial charge on any atom is 0.262 e. The molecule has 8 rings (SSSR count). The first-order valence-corrected chi connectivity index (χ1v) is 26.9. The second kappa shape index (κ2) is 23.3. The van der Waals surface area contributed by atoms with Gasteiger partial charge in [0.05, 0.1) is 70.3 Å². The molecule has 0 fully saturated rings. The van der Waals surface area contributed by atoms with Crippen molar-refractivity contribution in [2.75, 3.05) is 37.8 Å². The number of halogens is 2. The minimum Gasteiger partial charge on any atom is -0.480 e. The smallest absolute Gasteiger partial charge is 0.262 e. The summed E-state index contributed by atoms with van der Waals surface area (Å²) in [5.41, 5.74) is 4.30. The highest BCUT2D eigenvalue weighted by atomic mass is 35.5. The summed E-state index contributed by atoms with van der Waals surface area (Å²) in [5, 5.41) is 6.43. The molecule has 4 aromatic heterocycles. The zero-order chi connectivity index (χ0) is 55.2. The number of sulfonamides is 2. The first-order chi connectivity index (χ1) is 36.0. The molecule has 396 valence electrons. The molecule has 4 N–H and O–H groups in total. The highest BCUT2D eigenvalue weighted by Gasteiger charge is 2.22. The first kappa shape index (κ1) is 55.8. The van der Waals surface area contributed by atoms with E-state index in [4.69, 9.17) is 32.7 Å². The van der Waals surface area contributed by atoms with Gasteiger partial charge in [-0.3, -0.25) is 37.8 Å². The van der Waals surface area contributed by atoms with Crippen molar-refractivity contribution in [3.63, 3.8) is 0 Å². The number of ether oxygens (including phenoxy) is 2. The number of aryl methyl sites for hydroxylation is 2. The van der Waals surface area contributed by atoms with Crippen LogP contribution in [-0.2, 0) is 42.7 Å². The molecule has 0 aliphatic rings. The molecule has 0 saturated carbocycles. The second-order valence-electron chi connectivity index (χ2n) is 17.6. The Bertz CT molecular complexity index is 3620. The van der Waals surface area contributed by atoms with Crippen LogP contribution in [0, 0.1) is 25.7 Å². The van der Waals surface area contributed by atoms with Gasteiger partial charge in [0.25, 0.3) is 31.2 Å². The fourth-order valence-corrected chi connectivity index (χ4v) is 11.1. The van der Waals surface area contributed by atoms with Crippen LogP contribution in [0.1, 0.15) is 25.0 Å². The standard InChI is InChI=1S/2C26H26ClN5O5S/c2*1-15-7-19(27)11-20(8-15)38(35,36)31-23-10-18(12-29-25(23)37-4)17-5-6-22-21(9-17)26(34)32(14-30-22)13-16(2)24(33)28-3/h2*5-12,14,16,31H,13H2,1-4H3,(H,28,33)/t2*16-/m10/s1. The average molecular weight is 1110 g/mol. The highest BCUT2D eigenvalue weighted by molar-refractivity contribution is 7.93. The maximum absolute atomic E-state index is 13.2. The zero-order valence-electron chi connectivity index (χ0n) is 42.3. The van der Waals surface area contributed by atoms with Crippen LogP contribution in [0.25, 0.3) is 44.1 Å². The topological polar surface area (TPSA) is 265 Å². The molecule has 76 heavy (non-hydrogen) atoms. The Morgan fingerprint density at radius 3 is 1.29 bits per heavy atom. The molecule has 0 saturated heterocycles. The summed E-state index contributed by atoms with van der Waals surface area (Å²) in [6.07, 6.45) is 5.88. The summed E-state index contributed by atoms with van der Waals surface area (Å²) in [4.78, 5) is 67.4. The van der Waals surface area contributed by atoms with Gasteiger partial charge >= 0.3 is 0 Å². The summed E-state index contributed by atoms with van der Waals surface area (Å²) in [6.45, 7) is 7.28. The molecule has 4 aromatic carbocycles. The first-order valence-electron chi connectivity index (χ1n) is 23.1. The number of aromatic nitrogens is 6. The van der Waals surface area contributed by atoms with Gasteiger partial charge < -0.3 is 20.1 Å². The Hall–Kier alpha value is -7.92. The second-order valence-corrected chi connectivity index (χ2v) is 21.8. The van der Waals surface area contributed by atoms with Gasteiger partial charge in [0.2, 0.25) is 23.6 Å². The Kier molecular flexibility index (Phi) is 17.1. The van der Waals surface area contributed by atoms with Crippen LogP contribution in [0.3, 0.4) is 0 Å². The van der Waals surface area contributed by atoms with Crippen molar-refractivity contribution >= 4 is 88.2 Å². The van der Waals surface area contributed by atoms with E-state index in [1.807, 2.05) is 0 Å². The number of methoxy groups -OCH3 is 2. The summed E-state index contributed by atoms with van der Waals surface area (Å²) < 4.78 is 70.8. The van der Waals surface area contributed by atoms with E-state index in [0.29, 0.717) is 65.2 Å².